The summed E-state index contributed by atoms with van der Waals surface area (Å²) in [5, 5.41) is 11.8. The molecule has 1 N–H and O–H groups in total. The summed E-state index contributed by atoms with van der Waals surface area (Å²) < 4.78 is 73.7. The Bertz CT molecular complexity index is 1170. The van der Waals surface area contributed by atoms with Crippen molar-refractivity contribution in [3.05, 3.63) is 48.0 Å². The topological polar surface area (TPSA) is 109 Å². The number of carbonyl (C=O) groups is 1. The van der Waals surface area contributed by atoms with E-state index in [0.717, 1.165) is 0 Å². The molecule has 1 saturated heterocycles. The molecule has 0 radical (unpaired) electrons. The van der Waals surface area contributed by atoms with Crippen LogP contribution in [0.3, 0.4) is 0 Å². The number of piperidine rings is 1. The van der Waals surface area contributed by atoms with E-state index in [9.17, 15) is 31.6 Å². The van der Waals surface area contributed by atoms with Gasteiger partial charge in [-0.25, -0.2) is 8.42 Å². The zero-order valence-electron chi connectivity index (χ0n) is 18.1. The highest BCUT2D eigenvalue weighted by molar-refractivity contribution is 7.89. The van der Waals surface area contributed by atoms with Crippen LogP contribution in [0.5, 0.6) is 11.5 Å². The number of anilines is 1. The maximum Gasteiger partial charge on any atom is 0.422 e. The molecule has 3 rings (SSSR count). The summed E-state index contributed by atoms with van der Waals surface area (Å²) in [7, 11) is -2.23. The van der Waals surface area contributed by atoms with Crippen LogP contribution in [-0.4, -0.2) is 51.6 Å². The number of ether oxygens (including phenoxy) is 2. The minimum atomic E-state index is -4.55. The van der Waals surface area contributed by atoms with E-state index in [-0.39, 0.29) is 40.9 Å². The maximum atomic E-state index is 12.8. The number of hydrogen-bond donors (Lipinski definition) is 1. The minimum Gasteiger partial charge on any atom is -0.497 e. The highest BCUT2D eigenvalue weighted by Gasteiger charge is 2.32. The van der Waals surface area contributed by atoms with Crippen molar-refractivity contribution in [3.63, 3.8) is 0 Å². The molecule has 0 unspecified atom stereocenters. The normalized spacial score (nSPS) is 15.4. The van der Waals surface area contributed by atoms with Gasteiger partial charge in [-0.2, -0.15) is 22.7 Å². The second kappa shape index (κ2) is 10.3. The van der Waals surface area contributed by atoms with Crippen LogP contribution in [-0.2, 0) is 14.8 Å². The Morgan fingerprint density at radius 1 is 1.18 bits per heavy atom. The Morgan fingerprint density at radius 2 is 1.82 bits per heavy atom. The molecule has 1 aliphatic rings. The summed E-state index contributed by atoms with van der Waals surface area (Å²) >= 11 is 0. The summed E-state index contributed by atoms with van der Waals surface area (Å²) in [6.45, 7) is -1.23. The number of alkyl halides is 3. The number of sulfonamides is 1. The number of rotatable bonds is 7. The van der Waals surface area contributed by atoms with Gasteiger partial charge in [0.25, 0.3) is 0 Å². The first-order valence-corrected chi connectivity index (χ1v) is 11.7. The highest BCUT2D eigenvalue weighted by atomic mass is 32.2. The Balaban J connectivity index is 1.59. The number of methoxy groups -OCH3 is 1. The summed E-state index contributed by atoms with van der Waals surface area (Å²) in [6.07, 6.45) is -3.96. The summed E-state index contributed by atoms with van der Waals surface area (Å²) in [5.41, 5.74) is 0.0802. The number of nitrogens with zero attached hydrogens (tertiary/aromatic N) is 2. The molecule has 0 aliphatic carbocycles. The minimum absolute atomic E-state index is 0.132. The lowest BCUT2D eigenvalue weighted by atomic mass is 9.97. The Morgan fingerprint density at radius 3 is 2.38 bits per heavy atom. The second-order valence-corrected chi connectivity index (χ2v) is 9.51. The fourth-order valence-corrected chi connectivity index (χ4v) is 4.95. The van der Waals surface area contributed by atoms with Crippen molar-refractivity contribution in [3.8, 4) is 17.6 Å². The third-order valence-electron chi connectivity index (χ3n) is 5.28. The van der Waals surface area contributed by atoms with Gasteiger partial charge >= 0.3 is 6.18 Å². The lowest BCUT2D eigenvalue weighted by molar-refractivity contribution is -0.153. The second-order valence-electron chi connectivity index (χ2n) is 7.57. The molecular weight excluding hydrogens is 475 g/mol. The molecule has 0 atom stereocenters. The molecule has 2 aromatic carbocycles. The lowest BCUT2D eigenvalue weighted by Crippen LogP contribution is -2.41. The molecule has 0 saturated carbocycles. The average Bonchev–Trinajstić information content (AvgIpc) is 2.82. The zero-order chi connectivity index (χ0) is 24.9. The fourth-order valence-electron chi connectivity index (χ4n) is 3.48. The monoisotopic (exact) mass is 497 g/mol. The van der Waals surface area contributed by atoms with E-state index in [1.54, 1.807) is 18.2 Å². The van der Waals surface area contributed by atoms with Gasteiger partial charge in [0.2, 0.25) is 15.9 Å². The van der Waals surface area contributed by atoms with Crippen molar-refractivity contribution in [1.82, 2.24) is 4.31 Å². The van der Waals surface area contributed by atoms with Gasteiger partial charge in [0.15, 0.2) is 6.61 Å². The molecule has 1 heterocycles. The quantitative estimate of drug-likeness (QED) is 0.627. The van der Waals surface area contributed by atoms with Crippen LogP contribution in [0.25, 0.3) is 0 Å². The molecule has 12 heteroatoms. The summed E-state index contributed by atoms with van der Waals surface area (Å²) in [6, 6.07) is 11.5. The number of benzene rings is 2. The molecule has 1 aliphatic heterocycles. The van der Waals surface area contributed by atoms with E-state index in [1.165, 1.54) is 41.7 Å². The van der Waals surface area contributed by atoms with Crippen molar-refractivity contribution in [2.45, 2.75) is 23.9 Å². The Hall–Kier alpha value is -3.30. The van der Waals surface area contributed by atoms with Gasteiger partial charge in [-0.05, 0) is 55.3 Å². The molecule has 1 fully saturated rings. The SMILES string of the molecule is COc1ccc(S(=O)(=O)N2CCC(C(=O)Nc3ccc(OCC(F)(F)F)c(C#N)c3)CC2)cc1. The van der Waals surface area contributed by atoms with Gasteiger partial charge < -0.3 is 14.8 Å². The molecule has 0 bridgehead atoms. The number of nitriles is 1. The van der Waals surface area contributed by atoms with Crippen LogP contribution in [0.15, 0.2) is 47.4 Å². The van der Waals surface area contributed by atoms with Gasteiger partial charge in [0, 0.05) is 24.7 Å². The van der Waals surface area contributed by atoms with Gasteiger partial charge in [-0.3, -0.25) is 4.79 Å². The van der Waals surface area contributed by atoms with Crippen LogP contribution >= 0.6 is 0 Å². The van der Waals surface area contributed by atoms with Crippen molar-refractivity contribution >= 4 is 21.6 Å². The molecule has 1 amide bonds. The smallest absolute Gasteiger partial charge is 0.422 e. The molecule has 34 heavy (non-hydrogen) atoms. The van der Waals surface area contributed by atoms with Crippen molar-refractivity contribution in [1.29, 1.82) is 5.26 Å². The third kappa shape index (κ3) is 6.18. The Labute approximate surface area is 194 Å². The third-order valence-corrected chi connectivity index (χ3v) is 7.19. The highest BCUT2D eigenvalue weighted by Crippen LogP contribution is 2.28. The number of nitrogens with one attached hydrogen (secondary N) is 1. The fraction of sp³-hybridized carbons (Fsp3) is 0.364. The zero-order valence-corrected chi connectivity index (χ0v) is 18.9. The van der Waals surface area contributed by atoms with Crippen LogP contribution in [0.1, 0.15) is 18.4 Å². The maximum absolute atomic E-state index is 12.8. The predicted octanol–water partition coefficient (Wildman–Crippen LogP) is 3.55. The van der Waals surface area contributed by atoms with Crippen LogP contribution < -0.4 is 14.8 Å². The number of amides is 1. The number of hydrogen-bond acceptors (Lipinski definition) is 6. The van der Waals surface area contributed by atoms with E-state index in [1.807, 2.05) is 0 Å². The predicted molar refractivity (Wildman–Crippen MR) is 116 cm³/mol. The Kier molecular flexibility index (Phi) is 7.68. The van der Waals surface area contributed by atoms with Crippen molar-refractivity contribution < 1.29 is 35.9 Å². The summed E-state index contributed by atoms with van der Waals surface area (Å²) in [5.74, 6) is -0.535. The first-order chi connectivity index (χ1) is 16.0. The lowest BCUT2D eigenvalue weighted by Gasteiger charge is -2.30. The van der Waals surface area contributed by atoms with Crippen molar-refractivity contribution in [2.24, 2.45) is 5.92 Å². The molecular formula is C22H22F3N3O5S. The van der Waals surface area contributed by atoms with Crippen molar-refractivity contribution in [2.75, 3.05) is 32.1 Å². The average molecular weight is 497 g/mol. The van der Waals surface area contributed by atoms with Crippen LogP contribution in [0.2, 0.25) is 0 Å². The largest absolute Gasteiger partial charge is 0.497 e. The molecule has 0 aromatic heterocycles. The first-order valence-electron chi connectivity index (χ1n) is 10.2. The van der Waals surface area contributed by atoms with Gasteiger partial charge in [-0.15, -0.1) is 0 Å². The number of halogens is 3. The van der Waals surface area contributed by atoms with E-state index >= 15 is 0 Å². The summed E-state index contributed by atoms with van der Waals surface area (Å²) in [4.78, 5) is 12.8. The van der Waals surface area contributed by atoms with Gasteiger partial charge in [0.1, 0.15) is 17.6 Å². The standard InChI is InChI=1S/C22H22F3N3O5S/c1-32-18-3-5-19(6-4-18)34(30,31)28-10-8-15(9-11-28)21(29)27-17-2-7-20(16(12-17)13-26)33-14-22(23,24)25/h2-7,12,15H,8-11,14H2,1H3,(H,27,29). The van der Waals surface area contributed by atoms with E-state index in [2.05, 4.69) is 10.1 Å². The van der Waals surface area contributed by atoms with E-state index < -0.39 is 28.7 Å². The van der Waals surface area contributed by atoms with Crippen LogP contribution in [0.4, 0.5) is 18.9 Å². The first kappa shape index (κ1) is 25.3. The van der Waals surface area contributed by atoms with Crippen LogP contribution in [0, 0.1) is 17.2 Å². The van der Waals surface area contributed by atoms with Gasteiger partial charge in [0.05, 0.1) is 17.6 Å². The molecule has 0 spiro atoms. The number of carbonyl (C=O) groups excluding carboxylic acids is 1. The van der Waals surface area contributed by atoms with E-state index in [0.29, 0.717) is 18.6 Å². The molecule has 2 aromatic rings. The molecule has 182 valence electrons. The molecule has 8 nitrogen and oxygen atoms in total. The van der Waals surface area contributed by atoms with Gasteiger partial charge in [-0.1, -0.05) is 0 Å². The van der Waals surface area contributed by atoms with E-state index in [4.69, 9.17) is 4.74 Å².